The maximum absolute atomic E-state index is 12.5. The van der Waals surface area contributed by atoms with E-state index >= 15 is 0 Å². The highest BCUT2D eigenvalue weighted by atomic mass is 32.2. The number of amides is 3. The van der Waals surface area contributed by atoms with Crippen LogP contribution >= 0.6 is 11.8 Å². The molecule has 0 radical (unpaired) electrons. The molecule has 6 nitrogen and oxygen atoms in total. The zero-order chi connectivity index (χ0) is 17.4. The largest absolute Gasteiger partial charge is 0.341 e. The van der Waals surface area contributed by atoms with Crippen LogP contribution in [-0.4, -0.2) is 39.6 Å². The molecule has 7 heteroatoms. The van der Waals surface area contributed by atoms with E-state index in [0.29, 0.717) is 4.91 Å². The molecular weight excluding hydrogens is 338 g/mol. The third kappa shape index (κ3) is 3.07. The Kier molecular flexibility index (Phi) is 4.09. The van der Waals surface area contributed by atoms with Crippen LogP contribution in [0.25, 0.3) is 17.0 Å². The van der Waals surface area contributed by atoms with Crippen molar-refractivity contribution < 1.29 is 14.4 Å². The fourth-order valence-electron chi connectivity index (χ4n) is 3.30. The number of hydrogen-bond donors (Lipinski definition) is 1. The van der Waals surface area contributed by atoms with E-state index in [-0.39, 0.29) is 23.6 Å². The van der Waals surface area contributed by atoms with E-state index in [2.05, 4.69) is 5.32 Å². The lowest BCUT2D eigenvalue weighted by Gasteiger charge is -2.15. The van der Waals surface area contributed by atoms with Crippen molar-refractivity contribution in [2.75, 3.05) is 13.1 Å². The second kappa shape index (κ2) is 6.40. The number of nitrogens with zero attached hydrogens (tertiary/aromatic N) is 2. The highest BCUT2D eigenvalue weighted by Gasteiger charge is 2.26. The quantitative estimate of drug-likeness (QED) is 0.859. The van der Waals surface area contributed by atoms with Gasteiger partial charge in [0.1, 0.15) is 6.54 Å². The molecule has 2 aromatic rings. The summed E-state index contributed by atoms with van der Waals surface area (Å²) >= 11 is 0.898. The molecule has 0 bridgehead atoms. The third-order valence-corrected chi connectivity index (χ3v) is 5.32. The number of carbonyl (C=O) groups is 3. The second-order valence-electron chi connectivity index (χ2n) is 6.17. The molecule has 4 rings (SSSR count). The smallest absolute Gasteiger partial charge is 0.290 e. The summed E-state index contributed by atoms with van der Waals surface area (Å²) in [6.07, 6.45) is 5.72. The standard InChI is InChI=1S/C18H17N3O3S/c22-16(20-7-3-4-8-20)11-21-10-12(13-5-1-2-6-14(13)21)9-15-17(23)19-18(24)25-15/h1-2,5-6,9-10H,3-4,7-8,11H2,(H,19,23,24)/b15-9-. The minimum atomic E-state index is -0.375. The van der Waals surface area contributed by atoms with Gasteiger partial charge in [0, 0.05) is 35.8 Å². The van der Waals surface area contributed by atoms with E-state index in [4.69, 9.17) is 0 Å². The number of hydrogen-bond acceptors (Lipinski definition) is 4. The Morgan fingerprint density at radius 2 is 1.96 bits per heavy atom. The number of likely N-dealkylation sites (tertiary alicyclic amines) is 1. The van der Waals surface area contributed by atoms with E-state index in [1.807, 2.05) is 39.9 Å². The van der Waals surface area contributed by atoms with Crippen LogP contribution in [0.1, 0.15) is 18.4 Å². The van der Waals surface area contributed by atoms with Gasteiger partial charge in [-0.05, 0) is 36.7 Å². The summed E-state index contributed by atoms with van der Waals surface area (Å²) in [5.74, 6) is -0.263. The summed E-state index contributed by atoms with van der Waals surface area (Å²) in [6, 6.07) is 7.76. The minimum Gasteiger partial charge on any atom is -0.341 e. The number of imide groups is 1. The van der Waals surface area contributed by atoms with Crippen LogP contribution < -0.4 is 5.32 Å². The topological polar surface area (TPSA) is 71.4 Å². The fraction of sp³-hybridized carbons (Fsp3) is 0.278. The number of carbonyl (C=O) groups excluding carboxylic acids is 3. The van der Waals surface area contributed by atoms with Gasteiger partial charge in [0.25, 0.3) is 11.1 Å². The molecule has 2 aliphatic heterocycles. The van der Waals surface area contributed by atoms with E-state index in [1.165, 1.54) is 0 Å². The molecule has 3 heterocycles. The average molecular weight is 355 g/mol. The van der Waals surface area contributed by atoms with Gasteiger partial charge in [-0.15, -0.1) is 0 Å². The molecule has 2 saturated heterocycles. The Labute approximate surface area is 148 Å². The molecule has 2 aliphatic rings. The first kappa shape index (κ1) is 16.0. The summed E-state index contributed by atoms with van der Waals surface area (Å²) < 4.78 is 1.92. The Balaban J connectivity index is 1.69. The van der Waals surface area contributed by atoms with Gasteiger partial charge in [-0.2, -0.15) is 0 Å². The molecule has 0 saturated carbocycles. The van der Waals surface area contributed by atoms with E-state index in [1.54, 1.807) is 6.08 Å². The van der Waals surface area contributed by atoms with E-state index in [0.717, 1.165) is 54.2 Å². The molecule has 0 spiro atoms. The van der Waals surface area contributed by atoms with Gasteiger partial charge < -0.3 is 9.47 Å². The van der Waals surface area contributed by atoms with Crippen LogP contribution in [0.15, 0.2) is 35.4 Å². The van der Waals surface area contributed by atoms with Gasteiger partial charge in [-0.25, -0.2) is 0 Å². The first-order valence-corrected chi connectivity index (χ1v) is 9.04. The number of thioether (sulfide) groups is 1. The first-order chi connectivity index (χ1) is 12.1. The van der Waals surface area contributed by atoms with Crippen LogP contribution in [0, 0.1) is 0 Å². The lowest BCUT2D eigenvalue weighted by atomic mass is 10.1. The zero-order valence-corrected chi connectivity index (χ0v) is 14.3. The van der Waals surface area contributed by atoms with E-state index in [9.17, 15) is 14.4 Å². The monoisotopic (exact) mass is 355 g/mol. The van der Waals surface area contributed by atoms with Crippen LogP contribution in [0.2, 0.25) is 0 Å². The van der Waals surface area contributed by atoms with Crippen molar-refractivity contribution >= 4 is 45.8 Å². The number of aromatic nitrogens is 1. The molecule has 0 unspecified atom stereocenters. The predicted molar refractivity (Wildman–Crippen MR) is 96.9 cm³/mol. The minimum absolute atomic E-state index is 0.112. The zero-order valence-electron chi connectivity index (χ0n) is 13.5. The van der Waals surface area contributed by atoms with Crippen LogP contribution in [0.3, 0.4) is 0 Å². The van der Waals surface area contributed by atoms with Gasteiger partial charge in [0.2, 0.25) is 5.91 Å². The number of benzene rings is 1. The molecule has 0 atom stereocenters. The predicted octanol–water partition coefficient (Wildman–Crippen LogP) is 2.59. The number of rotatable bonds is 3. The molecule has 3 amide bonds. The lowest BCUT2D eigenvalue weighted by Crippen LogP contribution is -2.30. The highest BCUT2D eigenvalue weighted by molar-refractivity contribution is 8.18. The summed E-state index contributed by atoms with van der Waals surface area (Å²) in [7, 11) is 0. The molecule has 1 N–H and O–H groups in total. The molecule has 128 valence electrons. The summed E-state index contributed by atoms with van der Waals surface area (Å²) in [6.45, 7) is 1.93. The molecule has 0 aliphatic carbocycles. The van der Waals surface area contributed by atoms with Gasteiger partial charge in [0.05, 0.1) is 4.91 Å². The summed E-state index contributed by atoms with van der Waals surface area (Å²) in [5, 5.41) is 2.86. The van der Waals surface area contributed by atoms with Crippen LogP contribution in [-0.2, 0) is 16.1 Å². The Bertz CT molecular complexity index is 909. The summed E-state index contributed by atoms with van der Waals surface area (Å²) in [5.41, 5.74) is 1.77. The average Bonchev–Trinajstić information content (AvgIpc) is 3.30. The van der Waals surface area contributed by atoms with Crippen molar-refractivity contribution in [1.29, 1.82) is 0 Å². The number of para-hydroxylation sites is 1. The Morgan fingerprint density at radius 1 is 1.20 bits per heavy atom. The van der Waals surface area contributed by atoms with Crippen molar-refractivity contribution in [3.05, 3.63) is 40.9 Å². The SMILES string of the molecule is O=C1NC(=O)/C(=C/c2cn(CC(=O)N3CCCC3)c3ccccc23)S1. The fourth-order valence-corrected chi connectivity index (χ4v) is 3.97. The summed E-state index contributed by atoms with van der Waals surface area (Å²) in [4.78, 5) is 37.9. The van der Waals surface area contributed by atoms with Crippen LogP contribution in [0.4, 0.5) is 4.79 Å². The maximum atomic E-state index is 12.5. The Morgan fingerprint density at radius 3 is 2.68 bits per heavy atom. The maximum Gasteiger partial charge on any atom is 0.290 e. The molecule has 2 fully saturated rings. The van der Waals surface area contributed by atoms with Gasteiger partial charge in [0.15, 0.2) is 0 Å². The lowest BCUT2D eigenvalue weighted by molar-refractivity contribution is -0.130. The van der Waals surface area contributed by atoms with E-state index < -0.39 is 0 Å². The van der Waals surface area contributed by atoms with Gasteiger partial charge in [-0.1, -0.05) is 18.2 Å². The third-order valence-electron chi connectivity index (χ3n) is 4.51. The van der Waals surface area contributed by atoms with Crippen LogP contribution in [0.5, 0.6) is 0 Å². The van der Waals surface area contributed by atoms with Crippen molar-refractivity contribution in [3.63, 3.8) is 0 Å². The molecular formula is C18H17N3O3S. The molecule has 25 heavy (non-hydrogen) atoms. The highest BCUT2D eigenvalue weighted by Crippen LogP contribution is 2.29. The van der Waals surface area contributed by atoms with Crippen molar-refractivity contribution in [1.82, 2.24) is 14.8 Å². The number of fused-ring (bicyclic) bond motifs is 1. The molecule has 1 aromatic heterocycles. The van der Waals surface area contributed by atoms with Crippen molar-refractivity contribution in [3.8, 4) is 0 Å². The van der Waals surface area contributed by atoms with Gasteiger partial charge in [-0.3, -0.25) is 19.7 Å². The van der Waals surface area contributed by atoms with Crippen molar-refractivity contribution in [2.24, 2.45) is 0 Å². The van der Waals surface area contributed by atoms with Crippen molar-refractivity contribution in [2.45, 2.75) is 19.4 Å². The number of nitrogens with one attached hydrogen (secondary N) is 1. The Hall–Kier alpha value is -2.54. The first-order valence-electron chi connectivity index (χ1n) is 8.22. The normalized spacial score (nSPS) is 19.2. The second-order valence-corrected chi connectivity index (χ2v) is 7.18. The molecule has 1 aromatic carbocycles. The van der Waals surface area contributed by atoms with Gasteiger partial charge >= 0.3 is 0 Å².